The third kappa shape index (κ3) is 4.43. The van der Waals surface area contributed by atoms with E-state index >= 15 is 0 Å². The predicted molar refractivity (Wildman–Crippen MR) is 133 cm³/mol. The molecule has 0 aliphatic heterocycles. The van der Waals surface area contributed by atoms with Crippen molar-refractivity contribution in [2.75, 3.05) is 11.4 Å². The normalized spacial score (nSPS) is 11.0. The van der Waals surface area contributed by atoms with Gasteiger partial charge in [0, 0.05) is 36.4 Å². The highest BCUT2D eigenvalue weighted by molar-refractivity contribution is 6.05. The van der Waals surface area contributed by atoms with Crippen LogP contribution in [0.1, 0.15) is 29.3 Å². The lowest BCUT2D eigenvalue weighted by atomic mass is 9.98. The topological polar surface area (TPSA) is 121 Å². The van der Waals surface area contributed by atoms with Crippen LogP contribution in [0.4, 0.5) is 5.82 Å². The molecule has 0 saturated heterocycles. The van der Waals surface area contributed by atoms with Gasteiger partial charge in [0.05, 0.1) is 5.52 Å². The average Bonchev–Trinajstić information content (AvgIpc) is 3.43. The van der Waals surface area contributed by atoms with Crippen molar-refractivity contribution in [3.8, 4) is 22.5 Å². The Kier molecular flexibility index (Phi) is 6.13. The molecule has 0 amide bonds. The lowest BCUT2D eigenvalue weighted by Gasteiger charge is -2.25. The smallest absolute Gasteiger partial charge is 0.341 e. The van der Waals surface area contributed by atoms with E-state index in [4.69, 9.17) is 0 Å². The van der Waals surface area contributed by atoms with E-state index in [0.717, 1.165) is 28.7 Å². The second-order valence-electron chi connectivity index (χ2n) is 8.10. The molecule has 5 aromatic rings. The number of aromatic nitrogens is 6. The standard InChI is InChI=1S/C26H23N7O2/c1-2-14-33(25-22(26(34)35)23-19(15-28-25)6-5-13-27-23)16-17-9-11-18(12-10-17)20-7-3-4-8-21(20)24-29-31-32-30-24/h3-13,15H,2,14,16H2,1H3,(H,34,35)(H,29,30,31,32). The molecule has 5 rings (SSSR count). The van der Waals surface area contributed by atoms with Crippen LogP contribution in [-0.2, 0) is 6.54 Å². The van der Waals surface area contributed by atoms with E-state index in [2.05, 4.69) is 37.5 Å². The van der Waals surface area contributed by atoms with E-state index in [1.807, 2.05) is 59.5 Å². The lowest BCUT2D eigenvalue weighted by Crippen LogP contribution is -2.27. The summed E-state index contributed by atoms with van der Waals surface area (Å²) in [5, 5.41) is 25.1. The zero-order valence-electron chi connectivity index (χ0n) is 19.1. The summed E-state index contributed by atoms with van der Waals surface area (Å²) >= 11 is 0. The van der Waals surface area contributed by atoms with Gasteiger partial charge in [0.15, 0.2) is 0 Å². The summed E-state index contributed by atoms with van der Waals surface area (Å²) in [6.07, 6.45) is 4.13. The number of aromatic amines is 1. The van der Waals surface area contributed by atoms with Crippen LogP contribution >= 0.6 is 0 Å². The number of rotatable bonds is 8. The summed E-state index contributed by atoms with van der Waals surface area (Å²) in [6, 6.07) is 19.7. The Morgan fingerprint density at radius 2 is 1.80 bits per heavy atom. The highest BCUT2D eigenvalue weighted by Crippen LogP contribution is 2.31. The lowest BCUT2D eigenvalue weighted by molar-refractivity contribution is 0.0699. The SMILES string of the molecule is CCCN(Cc1ccc(-c2ccccc2-c2nn[nH]n2)cc1)c1ncc2cccnc2c1C(=O)O. The quantitative estimate of drug-likeness (QED) is 0.341. The van der Waals surface area contributed by atoms with Gasteiger partial charge in [0.2, 0.25) is 5.82 Å². The molecule has 0 atom stereocenters. The number of carbonyl (C=O) groups is 1. The Bertz CT molecular complexity index is 1470. The molecule has 0 bridgehead atoms. The number of benzene rings is 2. The number of carboxylic acid groups (broad SMARTS) is 1. The molecule has 0 saturated carbocycles. The van der Waals surface area contributed by atoms with Crippen LogP contribution in [0.25, 0.3) is 33.4 Å². The van der Waals surface area contributed by atoms with E-state index < -0.39 is 5.97 Å². The molecule has 0 fully saturated rings. The maximum Gasteiger partial charge on any atom is 0.341 e. The first-order valence-electron chi connectivity index (χ1n) is 11.3. The Morgan fingerprint density at radius 3 is 2.51 bits per heavy atom. The minimum absolute atomic E-state index is 0.127. The number of fused-ring (bicyclic) bond motifs is 1. The van der Waals surface area contributed by atoms with Gasteiger partial charge in [-0.3, -0.25) is 4.98 Å². The van der Waals surface area contributed by atoms with Gasteiger partial charge < -0.3 is 10.0 Å². The third-order valence-electron chi connectivity index (χ3n) is 5.78. The molecule has 0 spiro atoms. The molecular formula is C26H23N7O2. The fraction of sp³-hybridized carbons (Fsp3) is 0.154. The number of H-pyrrole nitrogens is 1. The molecule has 0 aliphatic rings. The minimum atomic E-state index is -1.04. The number of pyridine rings is 2. The molecule has 0 unspecified atom stereocenters. The summed E-state index contributed by atoms with van der Waals surface area (Å²) in [7, 11) is 0. The molecule has 0 aliphatic carbocycles. The number of hydrogen-bond acceptors (Lipinski definition) is 7. The van der Waals surface area contributed by atoms with E-state index in [-0.39, 0.29) is 5.56 Å². The van der Waals surface area contributed by atoms with Crippen LogP contribution in [0.5, 0.6) is 0 Å². The fourth-order valence-corrected chi connectivity index (χ4v) is 4.21. The van der Waals surface area contributed by atoms with Crippen molar-refractivity contribution in [1.29, 1.82) is 0 Å². The van der Waals surface area contributed by atoms with Crippen LogP contribution in [0.3, 0.4) is 0 Å². The fourth-order valence-electron chi connectivity index (χ4n) is 4.21. The number of carboxylic acids is 1. The largest absolute Gasteiger partial charge is 0.477 e. The summed E-state index contributed by atoms with van der Waals surface area (Å²) in [5.41, 5.74) is 4.53. The zero-order chi connectivity index (χ0) is 24.2. The van der Waals surface area contributed by atoms with Crippen molar-refractivity contribution in [2.24, 2.45) is 0 Å². The number of tetrazole rings is 1. The van der Waals surface area contributed by atoms with Crippen LogP contribution in [0.15, 0.2) is 73.1 Å². The molecule has 174 valence electrons. The van der Waals surface area contributed by atoms with Gasteiger partial charge in [-0.1, -0.05) is 55.5 Å². The Labute approximate surface area is 201 Å². The number of aromatic carboxylic acids is 1. The summed E-state index contributed by atoms with van der Waals surface area (Å²) in [6.45, 7) is 3.24. The van der Waals surface area contributed by atoms with Crippen molar-refractivity contribution in [3.63, 3.8) is 0 Å². The van der Waals surface area contributed by atoms with Gasteiger partial charge in [-0.25, -0.2) is 9.78 Å². The molecule has 2 aromatic carbocycles. The van der Waals surface area contributed by atoms with Crippen LogP contribution in [0, 0.1) is 0 Å². The van der Waals surface area contributed by atoms with Crippen molar-refractivity contribution < 1.29 is 9.90 Å². The van der Waals surface area contributed by atoms with Gasteiger partial charge in [0.25, 0.3) is 0 Å². The molecule has 0 radical (unpaired) electrons. The van der Waals surface area contributed by atoms with Gasteiger partial charge >= 0.3 is 5.97 Å². The number of hydrogen-bond donors (Lipinski definition) is 2. The first-order chi connectivity index (χ1) is 17.2. The third-order valence-corrected chi connectivity index (χ3v) is 5.78. The van der Waals surface area contributed by atoms with Crippen molar-refractivity contribution in [1.82, 2.24) is 30.6 Å². The van der Waals surface area contributed by atoms with E-state index in [1.54, 1.807) is 18.5 Å². The zero-order valence-corrected chi connectivity index (χ0v) is 19.1. The second-order valence-corrected chi connectivity index (χ2v) is 8.10. The summed E-state index contributed by atoms with van der Waals surface area (Å²) in [4.78, 5) is 23.1. The Balaban J connectivity index is 1.47. The highest BCUT2D eigenvalue weighted by Gasteiger charge is 2.22. The van der Waals surface area contributed by atoms with Gasteiger partial charge in [-0.15, -0.1) is 10.2 Å². The summed E-state index contributed by atoms with van der Waals surface area (Å²) in [5.74, 6) is -0.0700. The predicted octanol–water partition coefficient (Wildman–Crippen LogP) is 4.59. The molecule has 35 heavy (non-hydrogen) atoms. The second kappa shape index (κ2) is 9.68. The molecule has 2 N–H and O–H groups in total. The van der Waals surface area contributed by atoms with E-state index in [1.165, 1.54) is 0 Å². The monoisotopic (exact) mass is 465 g/mol. The first-order valence-corrected chi connectivity index (χ1v) is 11.3. The number of nitrogens with one attached hydrogen (secondary N) is 1. The summed E-state index contributed by atoms with van der Waals surface area (Å²) < 4.78 is 0. The number of nitrogens with zero attached hydrogens (tertiary/aromatic N) is 6. The van der Waals surface area contributed by atoms with Crippen molar-refractivity contribution >= 4 is 22.7 Å². The first kappa shape index (κ1) is 22.1. The number of anilines is 1. The van der Waals surface area contributed by atoms with Crippen LogP contribution in [-0.4, -0.2) is 48.2 Å². The van der Waals surface area contributed by atoms with E-state index in [0.29, 0.717) is 35.6 Å². The molecule has 3 heterocycles. The average molecular weight is 466 g/mol. The van der Waals surface area contributed by atoms with Gasteiger partial charge in [0.1, 0.15) is 11.4 Å². The highest BCUT2D eigenvalue weighted by atomic mass is 16.4. The van der Waals surface area contributed by atoms with E-state index in [9.17, 15) is 9.90 Å². The van der Waals surface area contributed by atoms with Crippen LogP contribution < -0.4 is 4.90 Å². The Morgan fingerprint density at radius 1 is 1.00 bits per heavy atom. The van der Waals surface area contributed by atoms with Crippen molar-refractivity contribution in [3.05, 3.63) is 84.2 Å². The molecule has 3 aromatic heterocycles. The minimum Gasteiger partial charge on any atom is -0.477 e. The van der Waals surface area contributed by atoms with Crippen LogP contribution in [0.2, 0.25) is 0 Å². The Hall–Kier alpha value is -4.66. The van der Waals surface area contributed by atoms with Crippen molar-refractivity contribution in [2.45, 2.75) is 19.9 Å². The molecular weight excluding hydrogens is 442 g/mol. The van der Waals surface area contributed by atoms with Gasteiger partial charge in [-0.05, 0) is 40.5 Å². The molecule has 9 nitrogen and oxygen atoms in total. The molecule has 9 heteroatoms. The van der Waals surface area contributed by atoms with Gasteiger partial charge in [-0.2, -0.15) is 5.21 Å². The maximum absolute atomic E-state index is 12.2. The maximum atomic E-state index is 12.2.